The molecule has 0 saturated carbocycles. The molecule has 4 heteroatoms. The molecule has 1 N–H and O–H groups in total. The topological polar surface area (TPSA) is 41.0 Å². The number of rotatable bonds is 7. The highest BCUT2D eigenvalue weighted by Crippen LogP contribution is 2.24. The van der Waals surface area contributed by atoms with E-state index in [4.69, 9.17) is 4.98 Å². The van der Waals surface area contributed by atoms with Crippen molar-refractivity contribution in [3.05, 3.63) is 11.9 Å². The van der Waals surface area contributed by atoms with Gasteiger partial charge in [-0.05, 0) is 19.3 Å². The molecule has 0 amide bonds. The van der Waals surface area contributed by atoms with Gasteiger partial charge in [0.2, 0.25) is 0 Å². The van der Waals surface area contributed by atoms with Gasteiger partial charge in [-0.15, -0.1) is 0 Å². The molecule has 0 radical (unpaired) electrons. The minimum atomic E-state index is -0.0457. The molecule has 0 spiro atoms. The van der Waals surface area contributed by atoms with Crippen molar-refractivity contribution in [2.75, 3.05) is 29.9 Å². The molecule has 0 aliphatic rings. The van der Waals surface area contributed by atoms with Crippen LogP contribution >= 0.6 is 0 Å². The predicted molar refractivity (Wildman–Crippen MR) is 92.2 cm³/mol. The van der Waals surface area contributed by atoms with Gasteiger partial charge in [0.1, 0.15) is 17.5 Å². The van der Waals surface area contributed by atoms with Crippen LogP contribution in [-0.4, -0.2) is 29.6 Å². The van der Waals surface area contributed by atoms with Crippen molar-refractivity contribution in [1.29, 1.82) is 0 Å². The molecule has 120 valence electrons. The fourth-order valence-electron chi connectivity index (χ4n) is 2.10. The average Bonchev–Trinajstić information content (AvgIpc) is 2.41. The largest absolute Gasteiger partial charge is 0.370 e. The third kappa shape index (κ3) is 5.52. The maximum Gasteiger partial charge on any atom is 0.138 e. The van der Waals surface area contributed by atoms with E-state index in [0.29, 0.717) is 5.92 Å². The molecule has 0 fully saturated rings. The summed E-state index contributed by atoms with van der Waals surface area (Å²) >= 11 is 0. The number of anilines is 2. The lowest BCUT2D eigenvalue weighted by Gasteiger charge is -2.27. The third-order valence-corrected chi connectivity index (χ3v) is 3.23. The second-order valence-corrected chi connectivity index (χ2v) is 7.04. The fourth-order valence-corrected chi connectivity index (χ4v) is 2.10. The Morgan fingerprint density at radius 2 is 1.86 bits per heavy atom. The first-order valence-electron chi connectivity index (χ1n) is 8.16. The molecule has 1 aromatic rings. The Morgan fingerprint density at radius 3 is 2.33 bits per heavy atom. The van der Waals surface area contributed by atoms with Gasteiger partial charge in [0, 0.05) is 31.1 Å². The Morgan fingerprint density at radius 1 is 1.19 bits per heavy atom. The SMILES string of the molecule is CCCNc1cc(N(CC)CC(C)C)nc(C(C)(C)C)n1. The van der Waals surface area contributed by atoms with Crippen molar-refractivity contribution < 1.29 is 0 Å². The van der Waals surface area contributed by atoms with E-state index in [2.05, 4.69) is 69.7 Å². The standard InChI is InChI=1S/C17H32N4/c1-8-10-18-14-11-15(21(9-2)12-13(3)4)20-16(19-14)17(5,6)7/h11,13H,8-10,12H2,1-7H3,(H,18,19,20). The van der Waals surface area contributed by atoms with Crippen LogP contribution in [0, 0.1) is 5.92 Å². The Kier molecular flexibility index (Phi) is 6.43. The molecular weight excluding hydrogens is 260 g/mol. The summed E-state index contributed by atoms with van der Waals surface area (Å²) in [6.07, 6.45) is 1.09. The van der Waals surface area contributed by atoms with Crippen LogP contribution in [0.1, 0.15) is 60.7 Å². The van der Waals surface area contributed by atoms with Crippen LogP contribution < -0.4 is 10.2 Å². The van der Waals surface area contributed by atoms with Gasteiger partial charge < -0.3 is 10.2 Å². The summed E-state index contributed by atoms with van der Waals surface area (Å²) < 4.78 is 0. The monoisotopic (exact) mass is 292 g/mol. The van der Waals surface area contributed by atoms with E-state index in [1.54, 1.807) is 0 Å². The van der Waals surface area contributed by atoms with E-state index in [9.17, 15) is 0 Å². The Labute approximate surface area is 130 Å². The van der Waals surface area contributed by atoms with Crippen molar-refractivity contribution in [1.82, 2.24) is 9.97 Å². The number of hydrogen-bond donors (Lipinski definition) is 1. The molecule has 21 heavy (non-hydrogen) atoms. The van der Waals surface area contributed by atoms with Gasteiger partial charge in [-0.25, -0.2) is 9.97 Å². The van der Waals surface area contributed by atoms with Crippen LogP contribution in [0.2, 0.25) is 0 Å². The van der Waals surface area contributed by atoms with E-state index < -0.39 is 0 Å². The molecule has 0 aliphatic carbocycles. The molecule has 0 aliphatic heterocycles. The zero-order valence-electron chi connectivity index (χ0n) is 14.8. The average molecular weight is 292 g/mol. The van der Waals surface area contributed by atoms with Crippen molar-refractivity contribution in [3.63, 3.8) is 0 Å². The number of nitrogens with zero attached hydrogens (tertiary/aromatic N) is 3. The molecule has 0 bridgehead atoms. The molecule has 0 aromatic carbocycles. The summed E-state index contributed by atoms with van der Waals surface area (Å²) in [5, 5.41) is 3.40. The van der Waals surface area contributed by atoms with Gasteiger partial charge >= 0.3 is 0 Å². The summed E-state index contributed by atoms with van der Waals surface area (Å²) in [6, 6.07) is 2.08. The van der Waals surface area contributed by atoms with Crippen LogP contribution in [0.4, 0.5) is 11.6 Å². The van der Waals surface area contributed by atoms with Gasteiger partial charge in [-0.1, -0.05) is 41.5 Å². The summed E-state index contributed by atoms with van der Waals surface area (Å²) in [5.74, 6) is 3.49. The molecule has 0 saturated heterocycles. The van der Waals surface area contributed by atoms with Gasteiger partial charge in [-0.2, -0.15) is 0 Å². The first kappa shape index (κ1) is 17.7. The van der Waals surface area contributed by atoms with Crippen molar-refractivity contribution in [2.24, 2.45) is 5.92 Å². The maximum atomic E-state index is 4.81. The van der Waals surface area contributed by atoms with Crippen LogP contribution in [0.5, 0.6) is 0 Å². The Balaban J connectivity index is 3.16. The summed E-state index contributed by atoms with van der Waals surface area (Å²) in [5.41, 5.74) is -0.0457. The zero-order valence-corrected chi connectivity index (χ0v) is 14.8. The van der Waals surface area contributed by atoms with Crippen LogP contribution in [-0.2, 0) is 5.41 Å². The van der Waals surface area contributed by atoms with Crippen molar-refractivity contribution in [3.8, 4) is 0 Å². The molecule has 1 rings (SSSR count). The molecule has 1 aromatic heterocycles. The lowest BCUT2D eigenvalue weighted by atomic mass is 9.96. The van der Waals surface area contributed by atoms with Crippen LogP contribution in [0.3, 0.4) is 0 Å². The second kappa shape index (κ2) is 7.62. The smallest absolute Gasteiger partial charge is 0.138 e. The molecule has 4 nitrogen and oxygen atoms in total. The van der Waals surface area contributed by atoms with Gasteiger partial charge in [0.05, 0.1) is 0 Å². The quantitative estimate of drug-likeness (QED) is 0.822. The Bertz CT molecular complexity index is 435. The lowest BCUT2D eigenvalue weighted by Crippen LogP contribution is -2.29. The molecule has 0 atom stereocenters. The molecular formula is C17H32N4. The number of aromatic nitrogens is 2. The number of hydrogen-bond acceptors (Lipinski definition) is 4. The van der Waals surface area contributed by atoms with E-state index in [0.717, 1.165) is 43.5 Å². The number of nitrogens with one attached hydrogen (secondary N) is 1. The molecule has 1 heterocycles. The normalized spacial score (nSPS) is 11.8. The van der Waals surface area contributed by atoms with E-state index in [-0.39, 0.29) is 5.41 Å². The Hall–Kier alpha value is -1.32. The minimum absolute atomic E-state index is 0.0457. The van der Waals surface area contributed by atoms with E-state index >= 15 is 0 Å². The summed E-state index contributed by atoms with van der Waals surface area (Å²) in [4.78, 5) is 11.8. The summed E-state index contributed by atoms with van der Waals surface area (Å²) in [6.45, 7) is 18.2. The third-order valence-electron chi connectivity index (χ3n) is 3.23. The predicted octanol–water partition coefficient (Wildman–Crippen LogP) is 4.08. The highest BCUT2D eigenvalue weighted by Gasteiger charge is 2.20. The minimum Gasteiger partial charge on any atom is -0.370 e. The molecule has 0 unspecified atom stereocenters. The first-order valence-corrected chi connectivity index (χ1v) is 8.16. The van der Waals surface area contributed by atoms with E-state index in [1.165, 1.54) is 0 Å². The first-order chi connectivity index (χ1) is 9.77. The lowest BCUT2D eigenvalue weighted by molar-refractivity contribution is 0.542. The van der Waals surface area contributed by atoms with Gasteiger partial charge in [0.15, 0.2) is 0 Å². The second-order valence-electron chi connectivity index (χ2n) is 7.04. The maximum absolute atomic E-state index is 4.81. The van der Waals surface area contributed by atoms with Crippen LogP contribution in [0.25, 0.3) is 0 Å². The van der Waals surface area contributed by atoms with E-state index in [1.807, 2.05) is 0 Å². The zero-order chi connectivity index (χ0) is 16.0. The van der Waals surface area contributed by atoms with Gasteiger partial charge in [0.25, 0.3) is 0 Å². The highest BCUT2D eigenvalue weighted by molar-refractivity contribution is 5.50. The fraction of sp³-hybridized carbons (Fsp3) is 0.765. The van der Waals surface area contributed by atoms with Crippen molar-refractivity contribution in [2.45, 2.75) is 60.3 Å². The summed E-state index contributed by atoms with van der Waals surface area (Å²) in [7, 11) is 0. The van der Waals surface area contributed by atoms with Crippen molar-refractivity contribution >= 4 is 11.6 Å². The van der Waals surface area contributed by atoms with Gasteiger partial charge in [-0.3, -0.25) is 0 Å². The highest BCUT2D eigenvalue weighted by atomic mass is 15.2. The van der Waals surface area contributed by atoms with Crippen LogP contribution in [0.15, 0.2) is 6.07 Å².